The predicted octanol–water partition coefficient (Wildman–Crippen LogP) is 1.83. The number of azide groups is 1. The molecule has 1 saturated heterocycles. The molecule has 17 heavy (non-hydrogen) atoms. The number of aromatic nitrogens is 2. The van der Waals surface area contributed by atoms with Crippen LogP contribution in [-0.2, 0) is 6.54 Å². The minimum absolute atomic E-state index is 0.136. The minimum atomic E-state index is 0.136. The van der Waals surface area contributed by atoms with Crippen molar-refractivity contribution in [2.45, 2.75) is 12.6 Å². The highest BCUT2D eigenvalue weighted by molar-refractivity contribution is 5.39. The van der Waals surface area contributed by atoms with Gasteiger partial charge in [0.2, 0.25) is 0 Å². The molecule has 3 heterocycles. The Morgan fingerprint density at radius 1 is 1.47 bits per heavy atom. The lowest BCUT2D eigenvalue weighted by atomic mass is 10.1. The van der Waals surface area contributed by atoms with Crippen molar-refractivity contribution >= 4 is 5.65 Å². The van der Waals surface area contributed by atoms with Gasteiger partial charge in [-0.3, -0.25) is 4.90 Å². The molecule has 0 N–H and O–H groups in total. The quantitative estimate of drug-likeness (QED) is 0.457. The number of pyridine rings is 1. The SMILES string of the molecule is [N-]=[N+]=NC1CN(Cc2cn3ccccc3n2)C1. The van der Waals surface area contributed by atoms with Crippen LogP contribution in [0.5, 0.6) is 0 Å². The van der Waals surface area contributed by atoms with Gasteiger partial charge in [0.25, 0.3) is 0 Å². The van der Waals surface area contributed by atoms with Crippen LogP contribution in [0, 0.1) is 0 Å². The lowest BCUT2D eigenvalue weighted by molar-refractivity contribution is 0.141. The second-order valence-electron chi connectivity index (χ2n) is 4.25. The Balaban J connectivity index is 1.68. The van der Waals surface area contributed by atoms with Gasteiger partial charge in [0.05, 0.1) is 11.7 Å². The van der Waals surface area contributed by atoms with Crippen LogP contribution in [0.4, 0.5) is 0 Å². The first-order valence-electron chi connectivity index (χ1n) is 5.54. The summed E-state index contributed by atoms with van der Waals surface area (Å²) in [4.78, 5) is 9.56. The van der Waals surface area contributed by atoms with Gasteiger partial charge in [-0.1, -0.05) is 11.2 Å². The summed E-state index contributed by atoms with van der Waals surface area (Å²) in [5.74, 6) is 0. The molecule has 1 aliphatic heterocycles. The van der Waals surface area contributed by atoms with Gasteiger partial charge in [-0.25, -0.2) is 4.98 Å². The third-order valence-corrected chi connectivity index (χ3v) is 2.95. The average molecular weight is 228 g/mol. The third-order valence-electron chi connectivity index (χ3n) is 2.95. The van der Waals surface area contributed by atoms with E-state index in [-0.39, 0.29) is 6.04 Å². The molecule has 0 unspecified atom stereocenters. The molecule has 2 aromatic rings. The molecule has 1 aliphatic rings. The lowest BCUT2D eigenvalue weighted by Crippen LogP contribution is -2.48. The molecule has 0 saturated carbocycles. The van der Waals surface area contributed by atoms with Gasteiger partial charge in [0.15, 0.2) is 0 Å². The molecule has 0 amide bonds. The molecule has 6 heteroatoms. The van der Waals surface area contributed by atoms with Crippen LogP contribution in [0.25, 0.3) is 16.1 Å². The number of hydrogen-bond donors (Lipinski definition) is 0. The van der Waals surface area contributed by atoms with E-state index in [1.165, 1.54) is 0 Å². The molecular formula is C11H12N6. The van der Waals surface area contributed by atoms with Crippen LogP contribution in [-0.4, -0.2) is 33.4 Å². The van der Waals surface area contributed by atoms with E-state index in [2.05, 4.69) is 19.9 Å². The Bertz CT molecular complexity index is 543. The van der Waals surface area contributed by atoms with Gasteiger partial charge < -0.3 is 4.40 Å². The van der Waals surface area contributed by atoms with Crippen LogP contribution in [0.15, 0.2) is 35.7 Å². The smallest absolute Gasteiger partial charge is 0.137 e. The molecule has 6 nitrogen and oxygen atoms in total. The van der Waals surface area contributed by atoms with E-state index in [9.17, 15) is 0 Å². The molecule has 2 aromatic heterocycles. The van der Waals surface area contributed by atoms with E-state index in [0.29, 0.717) is 0 Å². The zero-order valence-electron chi connectivity index (χ0n) is 9.27. The first kappa shape index (κ1) is 10.1. The van der Waals surface area contributed by atoms with Crippen LogP contribution < -0.4 is 0 Å². The van der Waals surface area contributed by atoms with Gasteiger partial charge in [-0.2, -0.15) is 0 Å². The van der Waals surface area contributed by atoms with Crippen molar-refractivity contribution in [3.05, 3.63) is 46.7 Å². The monoisotopic (exact) mass is 228 g/mol. The fourth-order valence-electron chi connectivity index (χ4n) is 2.11. The van der Waals surface area contributed by atoms with Crippen molar-refractivity contribution in [3.63, 3.8) is 0 Å². The summed E-state index contributed by atoms with van der Waals surface area (Å²) in [7, 11) is 0. The summed E-state index contributed by atoms with van der Waals surface area (Å²) in [6, 6.07) is 6.09. The molecule has 0 atom stereocenters. The third kappa shape index (κ3) is 1.95. The van der Waals surface area contributed by atoms with Crippen molar-refractivity contribution in [2.24, 2.45) is 5.11 Å². The lowest BCUT2D eigenvalue weighted by Gasteiger charge is -2.35. The molecule has 1 fully saturated rings. The molecule has 0 spiro atoms. The highest BCUT2D eigenvalue weighted by Crippen LogP contribution is 2.15. The van der Waals surface area contributed by atoms with Gasteiger partial charge in [-0.05, 0) is 17.7 Å². The first-order chi connectivity index (χ1) is 8.35. The minimum Gasteiger partial charge on any atom is -0.307 e. The summed E-state index contributed by atoms with van der Waals surface area (Å²) in [5.41, 5.74) is 10.3. The van der Waals surface area contributed by atoms with Gasteiger partial charge >= 0.3 is 0 Å². The summed E-state index contributed by atoms with van der Waals surface area (Å²) in [6.07, 6.45) is 4.03. The number of likely N-dealkylation sites (tertiary alicyclic amines) is 1. The fourth-order valence-corrected chi connectivity index (χ4v) is 2.11. The van der Waals surface area contributed by atoms with E-state index in [4.69, 9.17) is 5.53 Å². The number of rotatable bonds is 3. The van der Waals surface area contributed by atoms with E-state index in [0.717, 1.165) is 31.0 Å². The van der Waals surface area contributed by atoms with Crippen LogP contribution in [0.1, 0.15) is 5.69 Å². The van der Waals surface area contributed by atoms with E-state index >= 15 is 0 Å². The first-order valence-corrected chi connectivity index (χ1v) is 5.54. The Morgan fingerprint density at radius 2 is 2.35 bits per heavy atom. The average Bonchev–Trinajstić information content (AvgIpc) is 2.68. The Kier molecular flexibility index (Phi) is 2.44. The van der Waals surface area contributed by atoms with Gasteiger partial charge in [0, 0.05) is 36.9 Å². The van der Waals surface area contributed by atoms with Crippen LogP contribution in [0.3, 0.4) is 0 Å². The maximum atomic E-state index is 8.30. The van der Waals surface area contributed by atoms with Crippen molar-refractivity contribution in [1.82, 2.24) is 14.3 Å². The van der Waals surface area contributed by atoms with Gasteiger partial charge in [-0.15, -0.1) is 0 Å². The maximum Gasteiger partial charge on any atom is 0.137 e. The Labute approximate surface area is 98.1 Å². The zero-order chi connectivity index (χ0) is 11.7. The highest BCUT2D eigenvalue weighted by atomic mass is 15.3. The summed E-state index contributed by atoms with van der Waals surface area (Å²) in [6.45, 7) is 2.48. The van der Waals surface area contributed by atoms with Crippen molar-refractivity contribution in [2.75, 3.05) is 13.1 Å². The van der Waals surface area contributed by atoms with Crippen molar-refractivity contribution in [3.8, 4) is 0 Å². The topological polar surface area (TPSA) is 69.3 Å². The maximum absolute atomic E-state index is 8.30. The molecule has 0 aliphatic carbocycles. The number of hydrogen-bond acceptors (Lipinski definition) is 3. The molecule has 0 aromatic carbocycles. The number of nitrogens with zero attached hydrogens (tertiary/aromatic N) is 6. The molecule has 0 bridgehead atoms. The number of fused-ring (bicyclic) bond motifs is 1. The summed E-state index contributed by atoms with van der Waals surface area (Å²) >= 11 is 0. The van der Waals surface area contributed by atoms with E-state index in [1.54, 1.807) is 0 Å². The molecule has 86 valence electrons. The molecular weight excluding hydrogens is 216 g/mol. The van der Waals surface area contributed by atoms with E-state index in [1.807, 2.05) is 35.0 Å². The predicted molar refractivity (Wildman–Crippen MR) is 63.4 cm³/mol. The van der Waals surface area contributed by atoms with Crippen molar-refractivity contribution < 1.29 is 0 Å². The normalized spacial score (nSPS) is 16.7. The molecule has 0 radical (unpaired) electrons. The summed E-state index contributed by atoms with van der Waals surface area (Å²) in [5, 5.41) is 3.68. The highest BCUT2D eigenvalue weighted by Gasteiger charge is 2.25. The Morgan fingerprint density at radius 3 is 3.12 bits per heavy atom. The largest absolute Gasteiger partial charge is 0.307 e. The second kappa shape index (κ2) is 4.08. The zero-order valence-corrected chi connectivity index (χ0v) is 9.27. The van der Waals surface area contributed by atoms with Crippen LogP contribution >= 0.6 is 0 Å². The van der Waals surface area contributed by atoms with E-state index < -0.39 is 0 Å². The Hall–Kier alpha value is -2.04. The summed E-state index contributed by atoms with van der Waals surface area (Å²) < 4.78 is 2.01. The van der Waals surface area contributed by atoms with Crippen molar-refractivity contribution in [1.29, 1.82) is 0 Å². The molecule has 3 rings (SSSR count). The van der Waals surface area contributed by atoms with Crippen LogP contribution in [0.2, 0.25) is 0 Å². The van der Waals surface area contributed by atoms with Gasteiger partial charge in [0.1, 0.15) is 5.65 Å². The fraction of sp³-hybridized carbons (Fsp3) is 0.364. The second-order valence-corrected chi connectivity index (χ2v) is 4.25. The standard InChI is InChI=1S/C11H12N6/c12-15-14-10-6-16(7-10)5-9-8-17-4-2-1-3-11(17)13-9/h1-4,8,10H,5-7H2. The number of imidazole rings is 1.